The maximum absolute atomic E-state index is 6.16. The Balaban J connectivity index is 1.23. The minimum atomic E-state index is 0.500. The first-order valence-corrected chi connectivity index (χ1v) is 9.59. The number of rotatable bonds is 6. The number of hydrogen-bond donors (Lipinski definition) is 4. The topological polar surface area (TPSA) is 108 Å². The van der Waals surface area contributed by atoms with Crippen LogP contribution in [0.1, 0.15) is 17.0 Å². The Bertz CT molecular complexity index is 1250. The Labute approximate surface area is 167 Å². The van der Waals surface area contributed by atoms with E-state index in [9.17, 15) is 0 Å². The predicted octanol–water partition coefficient (Wildman–Crippen LogP) is 3.81. The van der Waals surface area contributed by atoms with E-state index in [0.717, 1.165) is 46.3 Å². The van der Waals surface area contributed by atoms with Crippen LogP contribution in [0.3, 0.4) is 0 Å². The second kappa shape index (κ2) is 7.27. The molecule has 0 radical (unpaired) electrons. The Kier molecular flexibility index (Phi) is 4.32. The predicted molar refractivity (Wildman–Crippen MR) is 116 cm³/mol. The molecular formula is C22H21N7. The highest BCUT2D eigenvalue weighted by Gasteiger charge is 2.08. The van der Waals surface area contributed by atoms with Crippen LogP contribution in [-0.2, 0) is 19.4 Å². The number of fused-ring (bicyclic) bond motifs is 2. The van der Waals surface area contributed by atoms with Crippen molar-refractivity contribution in [1.82, 2.24) is 24.9 Å². The minimum absolute atomic E-state index is 0.500. The maximum Gasteiger partial charge on any atom is 0.224 e. The van der Waals surface area contributed by atoms with Crippen LogP contribution in [0.2, 0.25) is 0 Å². The minimum Gasteiger partial charge on any atom is -0.383 e. The fraction of sp³-hybridized carbons (Fsp3) is 0.136. The molecule has 0 spiro atoms. The second-order valence-electron chi connectivity index (χ2n) is 7.06. The van der Waals surface area contributed by atoms with Gasteiger partial charge in [-0.05, 0) is 47.7 Å². The zero-order valence-electron chi connectivity index (χ0n) is 15.8. The number of hydrogen-bond acceptors (Lipinski definition) is 5. The zero-order valence-corrected chi connectivity index (χ0v) is 15.8. The van der Waals surface area contributed by atoms with Crippen LogP contribution in [0.5, 0.6) is 0 Å². The van der Waals surface area contributed by atoms with Crippen LogP contribution in [0.4, 0.5) is 11.8 Å². The Hall–Kier alpha value is -3.87. The number of H-pyrrole nitrogens is 2. The van der Waals surface area contributed by atoms with Crippen LogP contribution in [0, 0.1) is 0 Å². The van der Waals surface area contributed by atoms with E-state index in [1.807, 2.05) is 30.5 Å². The van der Waals surface area contributed by atoms with Crippen molar-refractivity contribution >= 4 is 33.7 Å². The Morgan fingerprint density at radius 3 is 2.79 bits per heavy atom. The molecule has 5 rings (SSSR count). The fourth-order valence-corrected chi connectivity index (χ4v) is 3.47. The molecule has 144 valence electrons. The van der Waals surface area contributed by atoms with E-state index in [1.54, 1.807) is 6.20 Å². The van der Waals surface area contributed by atoms with Crippen molar-refractivity contribution in [1.29, 1.82) is 0 Å². The van der Waals surface area contributed by atoms with Crippen LogP contribution in [-0.4, -0.2) is 24.9 Å². The molecule has 0 amide bonds. The van der Waals surface area contributed by atoms with Gasteiger partial charge < -0.3 is 21.0 Å². The number of nitrogens with one attached hydrogen (secondary N) is 3. The van der Waals surface area contributed by atoms with Crippen molar-refractivity contribution in [3.05, 3.63) is 77.9 Å². The van der Waals surface area contributed by atoms with Crippen molar-refractivity contribution in [2.24, 2.45) is 0 Å². The third kappa shape index (κ3) is 3.62. The first kappa shape index (κ1) is 17.2. The van der Waals surface area contributed by atoms with E-state index in [-0.39, 0.29) is 0 Å². The standard InChI is InChI=1S/C22H21N7/c23-21-16(6-8-20-27-18-3-1-2-4-19(18)28-20)13-26-22(29-21)25-12-14-5-7-17-15(11-14)9-10-24-17/h1-5,7,9-11,13,24H,6,8,12H2,(H,27,28)(H3,23,25,26,29). The number of imidazole rings is 1. The molecule has 3 aromatic heterocycles. The SMILES string of the molecule is Nc1nc(NCc2ccc3[nH]ccc3c2)ncc1CCc1nc2ccccc2[nH]1. The monoisotopic (exact) mass is 383 g/mol. The number of benzene rings is 2. The summed E-state index contributed by atoms with van der Waals surface area (Å²) in [4.78, 5) is 20.0. The van der Waals surface area contributed by atoms with Crippen molar-refractivity contribution < 1.29 is 0 Å². The van der Waals surface area contributed by atoms with Gasteiger partial charge in [0.15, 0.2) is 0 Å². The smallest absolute Gasteiger partial charge is 0.224 e. The molecule has 0 aliphatic heterocycles. The lowest BCUT2D eigenvalue weighted by molar-refractivity contribution is 0.878. The molecule has 0 bridgehead atoms. The number of nitrogen functional groups attached to an aromatic ring is 1. The largest absolute Gasteiger partial charge is 0.383 e. The normalized spacial score (nSPS) is 11.3. The van der Waals surface area contributed by atoms with Crippen LogP contribution in [0.15, 0.2) is 60.9 Å². The van der Waals surface area contributed by atoms with Gasteiger partial charge in [-0.1, -0.05) is 18.2 Å². The summed E-state index contributed by atoms with van der Waals surface area (Å²) in [5.41, 5.74) is 11.4. The van der Waals surface area contributed by atoms with Gasteiger partial charge in [0.1, 0.15) is 11.6 Å². The highest BCUT2D eigenvalue weighted by Crippen LogP contribution is 2.17. The van der Waals surface area contributed by atoms with Gasteiger partial charge in [-0.25, -0.2) is 9.97 Å². The lowest BCUT2D eigenvalue weighted by atomic mass is 10.1. The molecule has 2 aromatic carbocycles. The van der Waals surface area contributed by atoms with Crippen LogP contribution in [0.25, 0.3) is 21.9 Å². The Morgan fingerprint density at radius 1 is 0.966 bits per heavy atom. The summed E-state index contributed by atoms with van der Waals surface area (Å²) >= 11 is 0. The number of aromatic nitrogens is 5. The van der Waals surface area contributed by atoms with E-state index < -0.39 is 0 Å². The quantitative estimate of drug-likeness (QED) is 0.356. The first-order chi connectivity index (χ1) is 14.2. The number of para-hydroxylation sites is 2. The van der Waals surface area contributed by atoms with Crippen molar-refractivity contribution in [2.75, 3.05) is 11.1 Å². The van der Waals surface area contributed by atoms with E-state index in [1.165, 1.54) is 5.39 Å². The molecule has 0 aliphatic carbocycles. The van der Waals surface area contributed by atoms with Gasteiger partial charge in [0.05, 0.1) is 11.0 Å². The van der Waals surface area contributed by atoms with Gasteiger partial charge >= 0.3 is 0 Å². The molecule has 7 nitrogen and oxygen atoms in total. The summed E-state index contributed by atoms with van der Waals surface area (Å²) in [7, 11) is 0. The van der Waals surface area contributed by atoms with Crippen LogP contribution >= 0.6 is 0 Å². The first-order valence-electron chi connectivity index (χ1n) is 9.59. The second-order valence-corrected chi connectivity index (χ2v) is 7.06. The zero-order chi connectivity index (χ0) is 19.6. The van der Waals surface area contributed by atoms with E-state index in [4.69, 9.17) is 5.73 Å². The third-order valence-electron chi connectivity index (χ3n) is 5.04. The molecule has 29 heavy (non-hydrogen) atoms. The Morgan fingerprint density at radius 2 is 1.90 bits per heavy atom. The van der Waals surface area contributed by atoms with Gasteiger partial charge in [0.25, 0.3) is 0 Å². The summed E-state index contributed by atoms with van der Waals surface area (Å²) in [6.45, 7) is 0.638. The highest BCUT2D eigenvalue weighted by molar-refractivity contribution is 5.80. The van der Waals surface area contributed by atoms with Crippen molar-refractivity contribution in [2.45, 2.75) is 19.4 Å². The average molecular weight is 383 g/mol. The fourth-order valence-electron chi connectivity index (χ4n) is 3.47. The lowest BCUT2D eigenvalue weighted by Crippen LogP contribution is -2.08. The van der Waals surface area contributed by atoms with Crippen molar-refractivity contribution in [3.63, 3.8) is 0 Å². The molecule has 3 heterocycles. The highest BCUT2D eigenvalue weighted by atomic mass is 15.1. The summed E-state index contributed by atoms with van der Waals surface area (Å²) in [5.74, 6) is 1.97. The van der Waals surface area contributed by atoms with Crippen molar-refractivity contribution in [3.8, 4) is 0 Å². The molecule has 0 unspecified atom stereocenters. The summed E-state index contributed by atoms with van der Waals surface area (Å²) in [5, 5.41) is 4.43. The average Bonchev–Trinajstić information content (AvgIpc) is 3.37. The molecule has 0 fully saturated rings. The molecule has 7 heteroatoms. The number of aromatic amines is 2. The van der Waals surface area contributed by atoms with E-state index >= 15 is 0 Å². The summed E-state index contributed by atoms with van der Waals surface area (Å²) < 4.78 is 0. The number of nitrogens with two attached hydrogens (primary N) is 1. The van der Waals surface area contributed by atoms with Gasteiger partial charge in [-0.2, -0.15) is 4.98 Å². The molecule has 0 aliphatic rings. The molecule has 0 atom stereocenters. The molecular weight excluding hydrogens is 362 g/mol. The van der Waals surface area contributed by atoms with Gasteiger partial charge in [-0.15, -0.1) is 0 Å². The van der Waals surface area contributed by atoms with E-state index in [0.29, 0.717) is 18.3 Å². The number of anilines is 2. The maximum atomic E-state index is 6.16. The summed E-state index contributed by atoms with van der Waals surface area (Å²) in [6.07, 6.45) is 5.22. The summed E-state index contributed by atoms with van der Waals surface area (Å²) in [6, 6.07) is 16.4. The van der Waals surface area contributed by atoms with Gasteiger partial charge in [-0.3, -0.25) is 0 Å². The number of nitrogens with zero attached hydrogens (tertiary/aromatic N) is 3. The lowest BCUT2D eigenvalue weighted by Gasteiger charge is -2.08. The van der Waals surface area contributed by atoms with E-state index in [2.05, 4.69) is 54.5 Å². The molecule has 0 saturated carbocycles. The molecule has 5 aromatic rings. The number of aryl methyl sites for hydroxylation is 2. The van der Waals surface area contributed by atoms with Gasteiger partial charge in [0.2, 0.25) is 5.95 Å². The molecule has 5 N–H and O–H groups in total. The molecule has 0 saturated heterocycles. The third-order valence-corrected chi connectivity index (χ3v) is 5.04. The van der Waals surface area contributed by atoms with Gasteiger partial charge in [0, 0.05) is 36.4 Å². The van der Waals surface area contributed by atoms with Crippen LogP contribution < -0.4 is 11.1 Å².